The van der Waals surface area contributed by atoms with Gasteiger partial charge in [-0.2, -0.15) is 0 Å². The minimum atomic E-state index is 0.551. The van der Waals surface area contributed by atoms with Crippen molar-refractivity contribution < 1.29 is 4.74 Å². The SMILES string of the molecule is CCCNCc1cnc(COc2ccccc2CC)s1. The number of rotatable bonds is 8. The van der Waals surface area contributed by atoms with Crippen LogP contribution in [-0.4, -0.2) is 11.5 Å². The van der Waals surface area contributed by atoms with Crippen LogP contribution in [0.3, 0.4) is 0 Å². The molecule has 2 rings (SSSR count). The zero-order valence-corrected chi connectivity index (χ0v) is 13.0. The monoisotopic (exact) mass is 290 g/mol. The van der Waals surface area contributed by atoms with Crippen molar-refractivity contribution in [2.45, 2.75) is 39.8 Å². The second kappa shape index (κ2) is 8.02. The first kappa shape index (κ1) is 15.0. The molecule has 1 aromatic carbocycles. The van der Waals surface area contributed by atoms with Crippen molar-refractivity contribution in [3.8, 4) is 5.75 Å². The highest BCUT2D eigenvalue weighted by atomic mass is 32.1. The van der Waals surface area contributed by atoms with E-state index in [0.29, 0.717) is 6.61 Å². The number of ether oxygens (including phenoxy) is 1. The smallest absolute Gasteiger partial charge is 0.140 e. The van der Waals surface area contributed by atoms with Crippen LogP contribution in [0.2, 0.25) is 0 Å². The third-order valence-corrected chi connectivity index (χ3v) is 4.00. The van der Waals surface area contributed by atoms with Gasteiger partial charge in [-0.3, -0.25) is 0 Å². The molecule has 0 atom stereocenters. The van der Waals surface area contributed by atoms with Gasteiger partial charge in [0.15, 0.2) is 0 Å². The Morgan fingerprint density at radius 2 is 2.10 bits per heavy atom. The zero-order valence-electron chi connectivity index (χ0n) is 12.2. The lowest BCUT2D eigenvalue weighted by molar-refractivity contribution is 0.302. The average Bonchev–Trinajstić information content (AvgIpc) is 2.93. The predicted octanol–water partition coefficient (Wildman–Crippen LogP) is 3.78. The summed E-state index contributed by atoms with van der Waals surface area (Å²) in [7, 11) is 0. The van der Waals surface area contributed by atoms with E-state index in [-0.39, 0.29) is 0 Å². The van der Waals surface area contributed by atoms with Gasteiger partial charge in [-0.25, -0.2) is 4.98 Å². The first-order valence-electron chi connectivity index (χ1n) is 7.18. The predicted molar refractivity (Wildman–Crippen MR) is 84.3 cm³/mol. The van der Waals surface area contributed by atoms with Crippen LogP contribution in [0, 0.1) is 0 Å². The summed E-state index contributed by atoms with van der Waals surface area (Å²) < 4.78 is 5.88. The Morgan fingerprint density at radius 3 is 2.90 bits per heavy atom. The molecule has 0 bridgehead atoms. The number of aromatic nitrogens is 1. The number of nitrogens with one attached hydrogen (secondary N) is 1. The van der Waals surface area contributed by atoms with Gasteiger partial charge in [0.05, 0.1) is 0 Å². The van der Waals surface area contributed by atoms with E-state index in [0.717, 1.165) is 36.7 Å². The Bertz CT molecular complexity index is 525. The summed E-state index contributed by atoms with van der Waals surface area (Å²) in [6.07, 6.45) is 4.08. The molecular weight excluding hydrogens is 268 g/mol. The van der Waals surface area contributed by atoms with Crippen molar-refractivity contribution in [1.82, 2.24) is 10.3 Å². The van der Waals surface area contributed by atoms with Gasteiger partial charge in [-0.05, 0) is 31.0 Å². The van der Waals surface area contributed by atoms with Gasteiger partial charge in [0.1, 0.15) is 17.4 Å². The minimum absolute atomic E-state index is 0.551. The molecule has 0 amide bonds. The average molecular weight is 290 g/mol. The number of hydrogen-bond donors (Lipinski definition) is 1. The largest absolute Gasteiger partial charge is 0.486 e. The summed E-state index contributed by atoms with van der Waals surface area (Å²) in [6, 6.07) is 8.19. The summed E-state index contributed by atoms with van der Waals surface area (Å²) in [5.41, 5.74) is 1.24. The molecule has 0 fully saturated rings. The van der Waals surface area contributed by atoms with Crippen LogP contribution in [-0.2, 0) is 19.6 Å². The Labute approximate surface area is 125 Å². The number of thiazole rings is 1. The lowest BCUT2D eigenvalue weighted by atomic mass is 10.1. The van der Waals surface area contributed by atoms with Gasteiger partial charge >= 0.3 is 0 Å². The molecule has 0 radical (unpaired) electrons. The van der Waals surface area contributed by atoms with Gasteiger partial charge in [0.25, 0.3) is 0 Å². The summed E-state index contributed by atoms with van der Waals surface area (Å²) in [6.45, 7) is 6.81. The van der Waals surface area contributed by atoms with Crippen LogP contribution in [0.1, 0.15) is 35.7 Å². The number of nitrogens with zero attached hydrogens (tertiary/aromatic N) is 1. The Morgan fingerprint density at radius 1 is 1.25 bits per heavy atom. The van der Waals surface area contributed by atoms with Crippen LogP contribution in [0.4, 0.5) is 0 Å². The summed E-state index contributed by atoms with van der Waals surface area (Å²) in [5.74, 6) is 0.968. The normalized spacial score (nSPS) is 10.7. The van der Waals surface area contributed by atoms with E-state index in [1.165, 1.54) is 10.4 Å². The van der Waals surface area contributed by atoms with Crippen LogP contribution < -0.4 is 10.1 Å². The molecule has 3 nitrogen and oxygen atoms in total. The van der Waals surface area contributed by atoms with Crippen molar-refractivity contribution in [3.63, 3.8) is 0 Å². The standard InChI is InChI=1S/C16H22N2OS/c1-3-9-17-10-14-11-18-16(20-14)12-19-15-8-6-5-7-13(15)4-2/h5-8,11,17H,3-4,9-10,12H2,1-2H3. The van der Waals surface area contributed by atoms with E-state index in [4.69, 9.17) is 4.74 Å². The maximum Gasteiger partial charge on any atom is 0.140 e. The Kier molecular flexibility index (Phi) is 6.02. The van der Waals surface area contributed by atoms with Crippen molar-refractivity contribution in [1.29, 1.82) is 0 Å². The Balaban J connectivity index is 1.87. The fraction of sp³-hybridized carbons (Fsp3) is 0.438. The number of benzene rings is 1. The fourth-order valence-electron chi connectivity index (χ4n) is 1.96. The van der Waals surface area contributed by atoms with Crippen LogP contribution in [0.5, 0.6) is 5.75 Å². The molecule has 0 aliphatic carbocycles. The highest BCUT2D eigenvalue weighted by Crippen LogP contribution is 2.21. The van der Waals surface area contributed by atoms with Crippen molar-refractivity contribution in [2.75, 3.05) is 6.54 Å². The molecule has 1 aromatic heterocycles. The molecule has 0 aliphatic heterocycles. The molecule has 0 aliphatic rings. The van der Waals surface area contributed by atoms with E-state index in [1.54, 1.807) is 11.3 Å². The third-order valence-electron chi connectivity index (χ3n) is 3.03. The molecule has 4 heteroatoms. The lowest BCUT2D eigenvalue weighted by Gasteiger charge is -2.08. The van der Waals surface area contributed by atoms with Crippen LogP contribution in [0.25, 0.3) is 0 Å². The number of hydrogen-bond acceptors (Lipinski definition) is 4. The van der Waals surface area contributed by atoms with E-state index in [1.807, 2.05) is 24.4 Å². The molecule has 1 N–H and O–H groups in total. The quantitative estimate of drug-likeness (QED) is 0.751. The number of para-hydroxylation sites is 1. The highest BCUT2D eigenvalue weighted by Gasteiger charge is 2.05. The molecular formula is C16H22N2OS. The van der Waals surface area contributed by atoms with Gasteiger partial charge in [0.2, 0.25) is 0 Å². The molecule has 0 saturated carbocycles. The topological polar surface area (TPSA) is 34.2 Å². The maximum absolute atomic E-state index is 5.88. The third kappa shape index (κ3) is 4.32. The van der Waals surface area contributed by atoms with Crippen LogP contribution >= 0.6 is 11.3 Å². The van der Waals surface area contributed by atoms with Gasteiger partial charge in [0, 0.05) is 17.6 Å². The van der Waals surface area contributed by atoms with Crippen LogP contribution in [0.15, 0.2) is 30.5 Å². The second-order valence-electron chi connectivity index (χ2n) is 4.65. The van der Waals surface area contributed by atoms with Crippen molar-refractivity contribution in [2.24, 2.45) is 0 Å². The van der Waals surface area contributed by atoms with Crippen molar-refractivity contribution in [3.05, 3.63) is 45.9 Å². The van der Waals surface area contributed by atoms with Crippen molar-refractivity contribution >= 4 is 11.3 Å². The van der Waals surface area contributed by atoms with Gasteiger partial charge in [-0.15, -0.1) is 11.3 Å². The molecule has 2 aromatic rings. The molecule has 108 valence electrons. The first-order chi connectivity index (χ1) is 9.83. The first-order valence-corrected chi connectivity index (χ1v) is 8.00. The van der Waals surface area contributed by atoms with Gasteiger partial charge in [-0.1, -0.05) is 32.0 Å². The van der Waals surface area contributed by atoms with E-state index >= 15 is 0 Å². The molecule has 0 saturated heterocycles. The van der Waals surface area contributed by atoms with Gasteiger partial charge < -0.3 is 10.1 Å². The summed E-state index contributed by atoms with van der Waals surface area (Å²) in [5, 5.41) is 4.42. The highest BCUT2D eigenvalue weighted by molar-refractivity contribution is 7.11. The van der Waals surface area contributed by atoms with E-state index in [9.17, 15) is 0 Å². The molecule has 0 unspecified atom stereocenters. The minimum Gasteiger partial charge on any atom is -0.486 e. The zero-order chi connectivity index (χ0) is 14.2. The molecule has 20 heavy (non-hydrogen) atoms. The summed E-state index contributed by atoms with van der Waals surface area (Å²) in [4.78, 5) is 5.68. The maximum atomic E-state index is 5.88. The molecule has 0 spiro atoms. The van der Waals surface area contributed by atoms with E-state index < -0.39 is 0 Å². The summed E-state index contributed by atoms with van der Waals surface area (Å²) >= 11 is 1.72. The fourth-order valence-corrected chi connectivity index (χ4v) is 2.77. The number of aryl methyl sites for hydroxylation is 1. The molecule has 1 heterocycles. The lowest BCUT2D eigenvalue weighted by Crippen LogP contribution is -2.12. The Hall–Kier alpha value is -1.39. The van der Waals surface area contributed by atoms with E-state index in [2.05, 4.69) is 30.2 Å². The second-order valence-corrected chi connectivity index (χ2v) is 5.85.